The highest BCUT2D eigenvalue weighted by molar-refractivity contribution is 7.42. The number of rotatable bonds is 48. The van der Waals surface area contributed by atoms with Crippen LogP contribution in [-0.4, -0.2) is 25.4 Å². The molecule has 0 aliphatic carbocycles. The van der Waals surface area contributed by atoms with Crippen LogP contribution in [0.15, 0.2) is 97.1 Å². The van der Waals surface area contributed by atoms with Gasteiger partial charge in [-0.25, -0.2) is 0 Å². The third-order valence-corrected chi connectivity index (χ3v) is 16.4. The molecule has 0 spiro atoms. The highest BCUT2D eigenvalue weighted by Gasteiger charge is 2.26. The molecule has 7 nitrogen and oxygen atoms in total. The molecule has 0 heterocycles. The molecule has 0 bridgehead atoms. The summed E-state index contributed by atoms with van der Waals surface area (Å²) < 4.78 is 47.0. The molecule has 4 aromatic rings. The topological polar surface area (TPSA) is 64.6 Å². The van der Waals surface area contributed by atoms with Crippen LogP contribution in [0.1, 0.15) is 244 Å². The van der Waals surface area contributed by atoms with Gasteiger partial charge in [0.05, 0.1) is 25.4 Å². The molecular formula is C66H104O7P2. The van der Waals surface area contributed by atoms with Crippen molar-refractivity contribution in [2.75, 3.05) is 13.2 Å². The number of ether oxygens (including phenoxy) is 1. The zero-order valence-electron chi connectivity index (χ0n) is 48.2. The summed E-state index contributed by atoms with van der Waals surface area (Å²) in [6, 6.07) is 33.6. The number of benzene rings is 4. The second-order valence-electron chi connectivity index (χ2n) is 21.1. The van der Waals surface area contributed by atoms with Gasteiger partial charge in [-0.2, -0.15) is 0 Å². The van der Waals surface area contributed by atoms with Crippen molar-refractivity contribution in [2.45, 2.75) is 259 Å². The monoisotopic (exact) mass is 1070 g/mol. The smallest absolute Gasteiger partial charge is 0.417 e. The van der Waals surface area contributed by atoms with Crippen LogP contribution in [-0.2, 0) is 39.5 Å². The van der Waals surface area contributed by atoms with Crippen molar-refractivity contribution in [2.24, 2.45) is 0 Å². The molecule has 2 atom stereocenters. The lowest BCUT2D eigenvalue weighted by Crippen LogP contribution is -2.23. The molecule has 0 saturated carbocycles. The predicted octanol–water partition coefficient (Wildman–Crippen LogP) is 21.8. The van der Waals surface area contributed by atoms with E-state index in [0.29, 0.717) is 6.61 Å². The van der Waals surface area contributed by atoms with Crippen LogP contribution in [0.25, 0.3) is 0 Å². The summed E-state index contributed by atoms with van der Waals surface area (Å²) in [7, 11) is -3.63. The van der Waals surface area contributed by atoms with Crippen molar-refractivity contribution in [1.29, 1.82) is 0 Å². The van der Waals surface area contributed by atoms with Gasteiger partial charge in [0.25, 0.3) is 0 Å². The first kappa shape index (κ1) is 64.3. The van der Waals surface area contributed by atoms with E-state index in [9.17, 15) is 0 Å². The second-order valence-corrected chi connectivity index (χ2v) is 23.2. The Hall–Kier alpha value is -3.18. The molecule has 75 heavy (non-hydrogen) atoms. The third-order valence-electron chi connectivity index (χ3n) is 14.1. The maximum absolute atomic E-state index is 6.79. The molecule has 0 fully saturated rings. The first-order valence-electron chi connectivity index (χ1n) is 30.5. The Morgan fingerprint density at radius 3 is 0.880 bits per heavy atom. The van der Waals surface area contributed by atoms with Gasteiger partial charge in [-0.15, -0.1) is 0 Å². The SMILES string of the molecule is CCCCCCCCCc1ccccc1OP(OCC(C)OCC(C)OP(Oc1ccccc1CCCCCCCCC)Oc1ccccc1CCCCCCCCC)Oc1ccccc1CCCCCCCCC. The number of unbranched alkanes of at least 4 members (excludes halogenated alkanes) is 24. The van der Waals surface area contributed by atoms with Gasteiger partial charge in [0, 0.05) is 0 Å². The fraction of sp³-hybridized carbons (Fsp3) is 0.636. The summed E-state index contributed by atoms with van der Waals surface area (Å²) in [5.74, 6) is 3.32. The van der Waals surface area contributed by atoms with Crippen molar-refractivity contribution < 1.29 is 31.9 Å². The average Bonchev–Trinajstić information content (AvgIpc) is 3.42. The van der Waals surface area contributed by atoms with Gasteiger partial charge in [-0.05, 0) is 112 Å². The predicted molar refractivity (Wildman–Crippen MR) is 321 cm³/mol. The van der Waals surface area contributed by atoms with Crippen LogP contribution in [0.2, 0.25) is 0 Å². The molecule has 2 unspecified atom stereocenters. The Labute approximate surface area is 461 Å². The van der Waals surface area contributed by atoms with E-state index in [2.05, 4.69) is 100 Å². The molecule has 0 aromatic heterocycles. The number of para-hydroxylation sites is 4. The standard InChI is InChI=1S/C66H104O7P2/c1-7-11-15-19-23-27-31-43-59-47-35-39-51-63(59)70-74(71-64-52-40-36-48-60(64)44-32-28-24-20-16-12-8-2)68-56-57(5)67-55-58(6)69-75(72-65-53-41-37-49-61(65)45-33-29-25-21-17-13-9-3)73-66-54-42-38-50-62(66)46-34-30-26-22-18-14-10-4/h35-42,47-54,57-58H,7-34,43-46,55-56H2,1-6H3. The minimum absolute atomic E-state index is 0.266. The lowest BCUT2D eigenvalue weighted by Gasteiger charge is -2.25. The number of aryl methyl sites for hydroxylation is 4. The molecule has 0 N–H and O–H groups in total. The summed E-state index contributed by atoms with van der Waals surface area (Å²) in [6.07, 6.45) is 38.8. The fourth-order valence-corrected chi connectivity index (χ4v) is 11.7. The minimum atomic E-state index is -1.82. The largest absolute Gasteiger partial charge is 0.463 e. The summed E-state index contributed by atoms with van der Waals surface area (Å²) >= 11 is 0. The minimum Gasteiger partial charge on any atom is -0.417 e. The molecule has 0 aliphatic rings. The van der Waals surface area contributed by atoms with Crippen LogP contribution in [0.4, 0.5) is 0 Å². The molecule has 4 aromatic carbocycles. The van der Waals surface area contributed by atoms with Gasteiger partial charge in [0.1, 0.15) is 23.0 Å². The van der Waals surface area contributed by atoms with Gasteiger partial charge < -0.3 is 22.8 Å². The van der Waals surface area contributed by atoms with E-state index in [-0.39, 0.29) is 18.8 Å². The summed E-state index contributed by atoms with van der Waals surface area (Å²) in [4.78, 5) is 0. The summed E-state index contributed by atoms with van der Waals surface area (Å²) in [6.45, 7) is 13.8. The molecule has 4 rings (SSSR count). The average molecular weight is 1070 g/mol. The van der Waals surface area contributed by atoms with Crippen molar-refractivity contribution in [1.82, 2.24) is 0 Å². The molecule has 0 amide bonds. The highest BCUT2D eigenvalue weighted by Crippen LogP contribution is 2.46. The molecule has 0 aliphatic heterocycles. The van der Waals surface area contributed by atoms with Gasteiger partial charge in [0.15, 0.2) is 0 Å². The van der Waals surface area contributed by atoms with Crippen molar-refractivity contribution in [3.05, 3.63) is 119 Å². The van der Waals surface area contributed by atoms with Crippen molar-refractivity contribution in [3.8, 4) is 23.0 Å². The zero-order chi connectivity index (χ0) is 53.2. The fourth-order valence-electron chi connectivity index (χ4n) is 9.43. The van der Waals surface area contributed by atoms with Gasteiger partial charge >= 0.3 is 17.2 Å². The van der Waals surface area contributed by atoms with E-state index in [1.165, 1.54) is 176 Å². The van der Waals surface area contributed by atoms with Crippen molar-refractivity contribution >= 4 is 17.2 Å². The normalized spacial score (nSPS) is 12.4. The number of hydrogen-bond donors (Lipinski definition) is 0. The van der Waals surface area contributed by atoms with Crippen LogP contribution < -0.4 is 18.1 Å². The quantitative estimate of drug-likeness (QED) is 0.0323. The maximum atomic E-state index is 6.79. The Morgan fingerprint density at radius 2 is 0.573 bits per heavy atom. The maximum Gasteiger partial charge on any atom is 0.463 e. The van der Waals surface area contributed by atoms with Crippen LogP contribution in [0, 0.1) is 0 Å². The Morgan fingerprint density at radius 1 is 0.307 bits per heavy atom. The molecule has 9 heteroatoms. The Bertz CT molecular complexity index is 1850. The molecule has 420 valence electrons. The van der Waals surface area contributed by atoms with Crippen LogP contribution >= 0.6 is 17.2 Å². The first-order chi connectivity index (χ1) is 36.9. The van der Waals surface area contributed by atoms with E-state index in [1.54, 1.807) is 0 Å². The summed E-state index contributed by atoms with van der Waals surface area (Å²) in [5.41, 5.74) is 4.77. The lowest BCUT2D eigenvalue weighted by molar-refractivity contribution is -0.00900. The van der Waals surface area contributed by atoms with Crippen LogP contribution in [0.3, 0.4) is 0 Å². The van der Waals surface area contributed by atoms with Gasteiger partial charge in [-0.1, -0.05) is 255 Å². The lowest BCUT2D eigenvalue weighted by atomic mass is 10.0. The van der Waals surface area contributed by atoms with E-state index < -0.39 is 17.2 Å². The van der Waals surface area contributed by atoms with Crippen LogP contribution in [0.5, 0.6) is 23.0 Å². The van der Waals surface area contributed by atoms with E-state index >= 15 is 0 Å². The van der Waals surface area contributed by atoms with Crippen molar-refractivity contribution in [3.63, 3.8) is 0 Å². The Kier molecular flexibility index (Phi) is 36.7. The van der Waals surface area contributed by atoms with Gasteiger partial charge in [-0.3, -0.25) is 9.05 Å². The highest BCUT2D eigenvalue weighted by atomic mass is 31.2. The molecule has 0 saturated heterocycles. The molecule has 0 radical (unpaired) electrons. The first-order valence-corrected chi connectivity index (χ1v) is 32.7. The zero-order valence-corrected chi connectivity index (χ0v) is 50.0. The van der Waals surface area contributed by atoms with E-state index in [1.807, 2.05) is 38.1 Å². The number of hydrogen-bond acceptors (Lipinski definition) is 7. The van der Waals surface area contributed by atoms with E-state index in [4.69, 9.17) is 31.9 Å². The van der Waals surface area contributed by atoms with Gasteiger partial charge in [0.2, 0.25) is 0 Å². The second kappa shape index (κ2) is 42.8. The summed E-state index contributed by atoms with van der Waals surface area (Å²) in [5, 5.41) is 0. The Balaban J connectivity index is 1.43. The molecular weight excluding hydrogens is 967 g/mol. The van der Waals surface area contributed by atoms with E-state index in [0.717, 1.165) is 74.4 Å². The third kappa shape index (κ3) is 29.4.